The number of carbonyl (C=O) groups excluding carboxylic acids is 1. The number of rotatable bonds is 6. The summed E-state index contributed by atoms with van der Waals surface area (Å²) >= 11 is 0. The molecule has 0 saturated carbocycles. The van der Waals surface area contributed by atoms with Crippen LogP contribution in [0.3, 0.4) is 0 Å². The van der Waals surface area contributed by atoms with Crippen molar-refractivity contribution < 1.29 is 14.3 Å². The molecule has 166 valence electrons. The van der Waals surface area contributed by atoms with E-state index < -0.39 is 0 Å². The van der Waals surface area contributed by atoms with E-state index in [0.717, 1.165) is 56.3 Å². The van der Waals surface area contributed by atoms with E-state index in [-0.39, 0.29) is 5.91 Å². The number of carbonyl (C=O) groups is 1. The lowest BCUT2D eigenvalue weighted by atomic mass is 9.98. The number of aliphatic imine (C=N–C) groups is 1. The number of amides is 1. The first-order chi connectivity index (χ1) is 14.5. The van der Waals surface area contributed by atoms with Crippen molar-refractivity contribution in [3.8, 4) is 11.5 Å². The van der Waals surface area contributed by atoms with Crippen molar-refractivity contribution in [3.05, 3.63) is 23.3 Å². The summed E-state index contributed by atoms with van der Waals surface area (Å²) < 4.78 is 10.8. The summed E-state index contributed by atoms with van der Waals surface area (Å²) in [5, 5.41) is 3.44. The lowest BCUT2D eigenvalue weighted by Crippen LogP contribution is -2.46. The maximum Gasteiger partial charge on any atom is 0.222 e. The molecular weight excluding hydrogens is 380 g/mol. The average molecular weight is 417 g/mol. The maximum atomic E-state index is 12.7. The number of piperidine rings is 1. The first kappa shape index (κ1) is 22.2. The Bertz CT molecular complexity index is 765. The van der Waals surface area contributed by atoms with Crippen LogP contribution in [0, 0.1) is 5.92 Å². The number of hydrogen-bond donors (Lipinski definition) is 1. The number of hydrogen-bond acceptors (Lipinski definition) is 4. The maximum absolute atomic E-state index is 12.7. The molecule has 0 radical (unpaired) electrons. The predicted octanol–water partition coefficient (Wildman–Crippen LogP) is 2.68. The van der Waals surface area contributed by atoms with E-state index in [2.05, 4.69) is 22.1 Å². The molecule has 1 atom stereocenters. The van der Waals surface area contributed by atoms with Gasteiger partial charge in [-0.15, -0.1) is 0 Å². The zero-order chi connectivity index (χ0) is 21.5. The van der Waals surface area contributed by atoms with Crippen molar-refractivity contribution in [1.82, 2.24) is 15.1 Å². The van der Waals surface area contributed by atoms with Crippen molar-refractivity contribution in [2.45, 2.75) is 45.6 Å². The SMILES string of the molecule is CN=C(NCCCC(=O)N1CCc2cc(OC)c(OC)cc2C1)N1CCCC(C)C1. The van der Waals surface area contributed by atoms with Gasteiger partial charge in [0.1, 0.15) is 0 Å². The Morgan fingerprint density at radius 1 is 1.17 bits per heavy atom. The molecule has 30 heavy (non-hydrogen) atoms. The number of nitrogens with one attached hydrogen (secondary N) is 1. The van der Waals surface area contributed by atoms with Crippen molar-refractivity contribution in [2.75, 3.05) is 47.4 Å². The van der Waals surface area contributed by atoms with E-state index in [1.165, 1.54) is 18.4 Å². The minimum Gasteiger partial charge on any atom is -0.493 e. The van der Waals surface area contributed by atoms with Crippen LogP contribution in [0.1, 0.15) is 43.7 Å². The fourth-order valence-corrected chi connectivity index (χ4v) is 4.41. The van der Waals surface area contributed by atoms with Crippen LogP contribution in [0.15, 0.2) is 17.1 Å². The number of fused-ring (bicyclic) bond motifs is 1. The van der Waals surface area contributed by atoms with E-state index in [0.29, 0.717) is 24.6 Å². The highest BCUT2D eigenvalue weighted by Crippen LogP contribution is 2.33. The van der Waals surface area contributed by atoms with Crippen LogP contribution in [-0.2, 0) is 17.8 Å². The number of benzene rings is 1. The van der Waals surface area contributed by atoms with Crippen LogP contribution >= 0.6 is 0 Å². The first-order valence-corrected chi connectivity index (χ1v) is 11.0. The molecule has 0 bridgehead atoms. The molecule has 0 aromatic heterocycles. The van der Waals surface area contributed by atoms with Crippen molar-refractivity contribution >= 4 is 11.9 Å². The summed E-state index contributed by atoms with van der Waals surface area (Å²) in [6.07, 6.45) is 4.70. The van der Waals surface area contributed by atoms with Gasteiger partial charge in [-0.05, 0) is 54.9 Å². The van der Waals surface area contributed by atoms with Crippen LogP contribution < -0.4 is 14.8 Å². The highest BCUT2D eigenvalue weighted by molar-refractivity contribution is 5.80. The molecule has 2 aliphatic heterocycles. The van der Waals surface area contributed by atoms with Gasteiger partial charge in [-0.1, -0.05) is 6.92 Å². The molecule has 1 fully saturated rings. The third-order valence-electron chi connectivity index (χ3n) is 6.09. The normalized spacial score (nSPS) is 19.3. The fourth-order valence-electron chi connectivity index (χ4n) is 4.41. The lowest BCUT2D eigenvalue weighted by Gasteiger charge is -2.33. The highest BCUT2D eigenvalue weighted by Gasteiger charge is 2.23. The van der Waals surface area contributed by atoms with Crippen LogP contribution in [0.2, 0.25) is 0 Å². The van der Waals surface area contributed by atoms with Crippen molar-refractivity contribution in [2.24, 2.45) is 10.9 Å². The van der Waals surface area contributed by atoms with Crippen molar-refractivity contribution in [1.29, 1.82) is 0 Å². The van der Waals surface area contributed by atoms with Crippen LogP contribution in [-0.4, -0.2) is 69.1 Å². The molecule has 1 aromatic carbocycles. The van der Waals surface area contributed by atoms with Crippen LogP contribution in [0.25, 0.3) is 0 Å². The standard InChI is InChI=1S/C23H36N4O3/c1-17-7-6-11-27(15-17)23(24-2)25-10-5-8-22(28)26-12-9-18-13-20(29-3)21(30-4)14-19(18)16-26/h13-14,17H,5-12,15-16H2,1-4H3,(H,24,25). The molecule has 7 nitrogen and oxygen atoms in total. The Labute approximate surface area is 180 Å². The molecule has 3 rings (SSSR count). The summed E-state index contributed by atoms with van der Waals surface area (Å²) in [6.45, 7) is 6.56. The number of methoxy groups -OCH3 is 2. The molecule has 0 spiro atoms. The summed E-state index contributed by atoms with van der Waals surface area (Å²) in [5.41, 5.74) is 2.38. The smallest absolute Gasteiger partial charge is 0.222 e. The summed E-state index contributed by atoms with van der Waals surface area (Å²) in [4.78, 5) is 21.5. The molecule has 2 heterocycles. The Morgan fingerprint density at radius 3 is 2.57 bits per heavy atom. The average Bonchev–Trinajstić information content (AvgIpc) is 2.77. The van der Waals surface area contributed by atoms with E-state index in [1.54, 1.807) is 14.2 Å². The third kappa shape index (κ3) is 5.37. The molecule has 7 heteroatoms. The summed E-state index contributed by atoms with van der Waals surface area (Å²) in [7, 11) is 5.13. The minimum atomic E-state index is 0.207. The molecule has 1 N–H and O–H groups in total. The Hall–Kier alpha value is -2.44. The number of ether oxygens (including phenoxy) is 2. The van der Waals surface area contributed by atoms with Crippen LogP contribution in [0.4, 0.5) is 0 Å². The van der Waals surface area contributed by atoms with Gasteiger partial charge < -0.3 is 24.6 Å². The molecule has 0 aliphatic carbocycles. The van der Waals surface area contributed by atoms with Gasteiger partial charge in [-0.3, -0.25) is 9.79 Å². The Balaban J connectivity index is 1.47. The van der Waals surface area contributed by atoms with E-state index in [4.69, 9.17) is 9.47 Å². The zero-order valence-electron chi connectivity index (χ0n) is 18.9. The van der Waals surface area contributed by atoms with Gasteiger partial charge in [0.25, 0.3) is 0 Å². The Kier molecular flexibility index (Phi) is 7.82. The van der Waals surface area contributed by atoms with E-state index in [1.807, 2.05) is 24.1 Å². The second-order valence-corrected chi connectivity index (χ2v) is 8.31. The number of likely N-dealkylation sites (tertiary alicyclic amines) is 1. The fraction of sp³-hybridized carbons (Fsp3) is 0.652. The van der Waals surface area contributed by atoms with Gasteiger partial charge in [0.2, 0.25) is 5.91 Å². The zero-order valence-corrected chi connectivity index (χ0v) is 18.9. The van der Waals surface area contributed by atoms with Crippen LogP contribution in [0.5, 0.6) is 11.5 Å². The predicted molar refractivity (Wildman–Crippen MR) is 119 cm³/mol. The minimum absolute atomic E-state index is 0.207. The second kappa shape index (κ2) is 10.5. The first-order valence-electron chi connectivity index (χ1n) is 11.0. The largest absolute Gasteiger partial charge is 0.493 e. The molecule has 1 amide bonds. The quantitative estimate of drug-likeness (QED) is 0.439. The van der Waals surface area contributed by atoms with Gasteiger partial charge in [0, 0.05) is 46.2 Å². The Morgan fingerprint density at radius 2 is 1.90 bits per heavy atom. The monoisotopic (exact) mass is 416 g/mol. The molecule has 1 aromatic rings. The molecular formula is C23H36N4O3. The van der Waals surface area contributed by atoms with Gasteiger partial charge in [0.05, 0.1) is 14.2 Å². The summed E-state index contributed by atoms with van der Waals surface area (Å²) in [5.74, 6) is 3.34. The van der Waals surface area contributed by atoms with Gasteiger partial charge in [0.15, 0.2) is 17.5 Å². The summed E-state index contributed by atoms with van der Waals surface area (Å²) in [6, 6.07) is 4.03. The topological polar surface area (TPSA) is 66.4 Å². The van der Waals surface area contributed by atoms with E-state index >= 15 is 0 Å². The molecule has 1 saturated heterocycles. The van der Waals surface area contributed by atoms with Gasteiger partial charge >= 0.3 is 0 Å². The second-order valence-electron chi connectivity index (χ2n) is 8.31. The third-order valence-corrected chi connectivity index (χ3v) is 6.09. The molecule has 2 aliphatic rings. The van der Waals surface area contributed by atoms with Gasteiger partial charge in [-0.2, -0.15) is 0 Å². The lowest BCUT2D eigenvalue weighted by molar-refractivity contribution is -0.132. The molecule has 1 unspecified atom stereocenters. The van der Waals surface area contributed by atoms with E-state index in [9.17, 15) is 4.79 Å². The number of guanidine groups is 1. The van der Waals surface area contributed by atoms with Crippen molar-refractivity contribution in [3.63, 3.8) is 0 Å². The number of nitrogens with zero attached hydrogens (tertiary/aromatic N) is 3. The van der Waals surface area contributed by atoms with Gasteiger partial charge in [-0.25, -0.2) is 0 Å². The highest BCUT2D eigenvalue weighted by atomic mass is 16.5.